The molecule has 5 nitrogen and oxygen atoms in total. The third kappa shape index (κ3) is 3.83. The Morgan fingerprint density at radius 2 is 1.79 bits per heavy atom. The number of urea groups is 1. The molecule has 1 spiro atoms. The van der Waals surface area contributed by atoms with E-state index in [0.29, 0.717) is 5.41 Å². The molecule has 29 heavy (non-hydrogen) atoms. The monoisotopic (exact) mass is 386 g/mol. The first-order valence-corrected chi connectivity index (χ1v) is 10.4. The summed E-state index contributed by atoms with van der Waals surface area (Å²) in [5, 5.41) is 5.55. The molecular formula is C24H26N4O. The zero-order chi connectivity index (χ0) is 19.7. The fourth-order valence-corrected chi connectivity index (χ4v) is 4.64. The van der Waals surface area contributed by atoms with E-state index in [4.69, 9.17) is 0 Å². The number of piperidine rings is 1. The van der Waals surface area contributed by atoms with Crippen LogP contribution in [0.2, 0.25) is 0 Å². The van der Waals surface area contributed by atoms with Crippen molar-refractivity contribution in [2.75, 3.05) is 31.5 Å². The van der Waals surface area contributed by atoms with Crippen LogP contribution in [0.25, 0.3) is 10.8 Å². The van der Waals surface area contributed by atoms with Gasteiger partial charge in [0.2, 0.25) is 0 Å². The summed E-state index contributed by atoms with van der Waals surface area (Å²) in [4.78, 5) is 20.9. The fourth-order valence-electron chi connectivity index (χ4n) is 4.64. The maximum atomic E-state index is 12.4. The molecule has 1 aromatic heterocycles. The lowest BCUT2D eigenvalue weighted by atomic mass is 9.72. The van der Waals surface area contributed by atoms with Gasteiger partial charge in [0, 0.05) is 31.2 Å². The van der Waals surface area contributed by atoms with Crippen LogP contribution >= 0.6 is 0 Å². The van der Waals surface area contributed by atoms with Gasteiger partial charge in [-0.25, -0.2) is 4.79 Å². The van der Waals surface area contributed by atoms with Gasteiger partial charge < -0.3 is 10.2 Å². The molecule has 2 aliphatic rings. The fraction of sp³-hybridized carbons (Fsp3) is 0.333. The van der Waals surface area contributed by atoms with Crippen LogP contribution in [-0.2, 0) is 6.54 Å². The van der Waals surface area contributed by atoms with Crippen LogP contribution in [0.1, 0.15) is 18.4 Å². The highest BCUT2D eigenvalue weighted by Crippen LogP contribution is 2.41. The van der Waals surface area contributed by atoms with Crippen LogP contribution in [0.3, 0.4) is 0 Å². The summed E-state index contributed by atoms with van der Waals surface area (Å²) in [6, 6.07) is 19.0. The zero-order valence-corrected chi connectivity index (χ0v) is 16.6. The second kappa shape index (κ2) is 7.48. The normalized spacial score (nSPS) is 18.6. The number of amides is 2. The standard InChI is InChI=1S/C24H26N4O/c29-23(26-22-6-3-11-25-15-22)28-17-24(18-28)9-12-27(13-10-24)16-19-7-8-20-4-1-2-5-21(20)14-19/h1-8,11,14-15H,9-10,12-13,16-18H2,(H,26,29). The number of aromatic nitrogens is 1. The molecule has 3 heterocycles. The summed E-state index contributed by atoms with van der Waals surface area (Å²) in [6.07, 6.45) is 5.72. The molecule has 0 saturated carbocycles. The average Bonchev–Trinajstić information content (AvgIpc) is 2.73. The average molecular weight is 386 g/mol. The van der Waals surface area contributed by atoms with E-state index in [1.807, 2.05) is 17.0 Å². The lowest BCUT2D eigenvalue weighted by Crippen LogP contribution is -2.62. The van der Waals surface area contributed by atoms with E-state index in [9.17, 15) is 4.79 Å². The Kier molecular flexibility index (Phi) is 4.68. The van der Waals surface area contributed by atoms with Gasteiger partial charge in [-0.2, -0.15) is 0 Å². The molecular weight excluding hydrogens is 360 g/mol. The van der Waals surface area contributed by atoms with Gasteiger partial charge in [-0.3, -0.25) is 9.88 Å². The molecule has 2 aliphatic heterocycles. The van der Waals surface area contributed by atoms with Gasteiger partial charge in [-0.15, -0.1) is 0 Å². The molecule has 3 aromatic rings. The van der Waals surface area contributed by atoms with E-state index in [1.54, 1.807) is 12.4 Å². The van der Waals surface area contributed by atoms with Crippen LogP contribution in [0.4, 0.5) is 10.5 Å². The quantitative estimate of drug-likeness (QED) is 0.727. The first kappa shape index (κ1) is 18.1. The molecule has 0 bridgehead atoms. The molecule has 0 atom stereocenters. The van der Waals surface area contributed by atoms with E-state index >= 15 is 0 Å². The number of fused-ring (bicyclic) bond motifs is 1. The Morgan fingerprint density at radius 1 is 1.00 bits per heavy atom. The predicted octanol–water partition coefficient (Wildman–Crippen LogP) is 4.36. The van der Waals surface area contributed by atoms with Crippen molar-refractivity contribution in [1.82, 2.24) is 14.8 Å². The van der Waals surface area contributed by atoms with Crippen LogP contribution in [0, 0.1) is 5.41 Å². The molecule has 0 aliphatic carbocycles. The van der Waals surface area contributed by atoms with E-state index < -0.39 is 0 Å². The van der Waals surface area contributed by atoms with Crippen molar-refractivity contribution in [2.45, 2.75) is 19.4 Å². The first-order valence-electron chi connectivity index (χ1n) is 10.4. The first-order chi connectivity index (χ1) is 14.2. The highest BCUT2D eigenvalue weighted by molar-refractivity contribution is 5.89. The zero-order valence-electron chi connectivity index (χ0n) is 16.6. The van der Waals surface area contributed by atoms with Gasteiger partial charge in [0.25, 0.3) is 0 Å². The van der Waals surface area contributed by atoms with E-state index in [2.05, 4.69) is 57.7 Å². The van der Waals surface area contributed by atoms with Gasteiger partial charge >= 0.3 is 6.03 Å². The van der Waals surface area contributed by atoms with Crippen molar-refractivity contribution in [1.29, 1.82) is 0 Å². The van der Waals surface area contributed by atoms with Crippen LogP contribution in [-0.4, -0.2) is 47.0 Å². The minimum atomic E-state index is -0.0118. The molecule has 5 rings (SSSR count). The Bertz CT molecular complexity index is 1000. The molecule has 2 fully saturated rings. The molecule has 2 amide bonds. The number of benzene rings is 2. The molecule has 0 unspecified atom stereocenters. The molecule has 1 N–H and O–H groups in total. The summed E-state index contributed by atoms with van der Waals surface area (Å²) in [5.41, 5.74) is 2.45. The Balaban J connectivity index is 1.13. The third-order valence-corrected chi connectivity index (χ3v) is 6.39. The maximum absolute atomic E-state index is 12.4. The maximum Gasteiger partial charge on any atom is 0.321 e. The predicted molar refractivity (Wildman–Crippen MR) is 116 cm³/mol. The van der Waals surface area contributed by atoms with Crippen LogP contribution in [0.15, 0.2) is 67.0 Å². The topological polar surface area (TPSA) is 48.5 Å². The van der Waals surface area contributed by atoms with E-state index in [1.165, 1.54) is 16.3 Å². The van der Waals surface area contributed by atoms with Crippen molar-refractivity contribution in [2.24, 2.45) is 5.41 Å². The summed E-state index contributed by atoms with van der Waals surface area (Å²) < 4.78 is 0. The number of carbonyl (C=O) groups is 1. The molecule has 2 aromatic carbocycles. The number of hydrogen-bond donors (Lipinski definition) is 1. The second-order valence-corrected chi connectivity index (χ2v) is 8.49. The molecule has 5 heteroatoms. The summed E-state index contributed by atoms with van der Waals surface area (Å²) >= 11 is 0. The Labute approximate surface area is 171 Å². The Hall–Kier alpha value is -2.92. The van der Waals surface area contributed by atoms with Gasteiger partial charge in [0.1, 0.15) is 0 Å². The smallest absolute Gasteiger partial charge is 0.321 e. The van der Waals surface area contributed by atoms with Crippen molar-refractivity contribution >= 4 is 22.5 Å². The van der Waals surface area contributed by atoms with E-state index in [0.717, 1.165) is 51.3 Å². The highest BCUT2D eigenvalue weighted by atomic mass is 16.2. The molecule has 148 valence electrons. The molecule has 0 radical (unpaired) electrons. The number of pyridine rings is 1. The van der Waals surface area contributed by atoms with Crippen molar-refractivity contribution < 1.29 is 4.79 Å². The van der Waals surface area contributed by atoms with Gasteiger partial charge in [0.05, 0.1) is 11.9 Å². The van der Waals surface area contributed by atoms with Crippen LogP contribution < -0.4 is 5.32 Å². The minimum absolute atomic E-state index is 0.0118. The lowest BCUT2D eigenvalue weighted by Gasteiger charge is -2.53. The second-order valence-electron chi connectivity index (χ2n) is 8.49. The van der Waals surface area contributed by atoms with Crippen LogP contribution in [0.5, 0.6) is 0 Å². The largest absolute Gasteiger partial charge is 0.323 e. The molecule has 2 saturated heterocycles. The number of carbonyl (C=O) groups excluding carboxylic acids is 1. The number of anilines is 1. The number of nitrogens with one attached hydrogen (secondary N) is 1. The highest BCUT2D eigenvalue weighted by Gasteiger charge is 2.46. The summed E-state index contributed by atoms with van der Waals surface area (Å²) in [7, 11) is 0. The lowest BCUT2D eigenvalue weighted by molar-refractivity contribution is -0.0200. The van der Waals surface area contributed by atoms with Crippen molar-refractivity contribution in [3.8, 4) is 0 Å². The number of likely N-dealkylation sites (tertiary alicyclic amines) is 2. The number of hydrogen-bond acceptors (Lipinski definition) is 3. The van der Waals surface area contributed by atoms with Gasteiger partial charge in [-0.05, 0) is 60.5 Å². The minimum Gasteiger partial charge on any atom is -0.323 e. The SMILES string of the molecule is O=C(Nc1cccnc1)N1CC2(CCN(Cc3ccc4ccccc4c3)CC2)C1. The number of nitrogens with zero attached hydrogens (tertiary/aromatic N) is 3. The third-order valence-electron chi connectivity index (χ3n) is 6.39. The number of rotatable bonds is 3. The summed E-state index contributed by atoms with van der Waals surface area (Å²) in [6.45, 7) is 4.94. The van der Waals surface area contributed by atoms with Gasteiger partial charge in [0.15, 0.2) is 0 Å². The summed E-state index contributed by atoms with van der Waals surface area (Å²) in [5.74, 6) is 0. The van der Waals surface area contributed by atoms with Gasteiger partial charge in [-0.1, -0.05) is 36.4 Å². The van der Waals surface area contributed by atoms with Crippen molar-refractivity contribution in [3.63, 3.8) is 0 Å². The van der Waals surface area contributed by atoms with E-state index in [-0.39, 0.29) is 6.03 Å². The Morgan fingerprint density at radius 3 is 2.55 bits per heavy atom. The van der Waals surface area contributed by atoms with Crippen molar-refractivity contribution in [3.05, 3.63) is 72.6 Å².